The summed E-state index contributed by atoms with van der Waals surface area (Å²) >= 11 is 1.66. The molecule has 1 fully saturated rings. The highest BCUT2D eigenvalue weighted by Crippen LogP contribution is 2.33. The summed E-state index contributed by atoms with van der Waals surface area (Å²) in [7, 11) is 0. The van der Waals surface area contributed by atoms with Crippen LogP contribution in [0.4, 0.5) is 0 Å². The molecule has 8 heteroatoms. The van der Waals surface area contributed by atoms with Gasteiger partial charge in [0.05, 0.1) is 11.7 Å². The molecule has 1 aliphatic heterocycles. The van der Waals surface area contributed by atoms with Gasteiger partial charge in [-0.25, -0.2) is 4.98 Å². The molecule has 2 aromatic heterocycles. The van der Waals surface area contributed by atoms with Crippen LogP contribution in [0.5, 0.6) is 0 Å². The summed E-state index contributed by atoms with van der Waals surface area (Å²) in [4.78, 5) is 34.1. The van der Waals surface area contributed by atoms with Crippen LogP contribution in [0.25, 0.3) is 10.2 Å². The summed E-state index contributed by atoms with van der Waals surface area (Å²) in [6.07, 6.45) is 8.28. The van der Waals surface area contributed by atoms with Crippen LogP contribution >= 0.6 is 23.7 Å². The van der Waals surface area contributed by atoms with Gasteiger partial charge in [-0.05, 0) is 56.9 Å². The second-order valence-corrected chi connectivity index (χ2v) is 9.05. The Kier molecular flexibility index (Phi) is 6.78. The van der Waals surface area contributed by atoms with Gasteiger partial charge in [0.15, 0.2) is 0 Å². The number of halogens is 1. The van der Waals surface area contributed by atoms with Crippen LogP contribution < -0.4 is 11.3 Å². The van der Waals surface area contributed by atoms with Gasteiger partial charge in [0.1, 0.15) is 4.83 Å². The SMILES string of the molecule is CC(N)C1CCN(C(=O)CCn2cnc3sc4c(c3c2=O)CCCC4)CC1.Cl. The highest BCUT2D eigenvalue weighted by Gasteiger charge is 2.25. The van der Waals surface area contributed by atoms with E-state index >= 15 is 0 Å². The van der Waals surface area contributed by atoms with E-state index in [1.54, 1.807) is 22.2 Å². The van der Waals surface area contributed by atoms with E-state index in [4.69, 9.17) is 5.73 Å². The second-order valence-electron chi connectivity index (χ2n) is 7.96. The van der Waals surface area contributed by atoms with E-state index in [9.17, 15) is 9.59 Å². The Morgan fingerprint density at radius 2 is 2.04 bits per heavy atom. The molecule has 4 rings (SSSR count). The molecule has 3 heterocycles. The lowest BCUT2D eigenvalue weighted by Crippen LogP contribution is -2.42. The molecule has 0 spiro atoms. The van der Waals surface area contributed by atoms with Crippen LogP contribution in [0.15, 0.2) is 11.1 Å². The highest BCUT2D eigenvalue weighted by atomic mass is 35.5. The van der Waals surface area contributed by atoms with Crippen LogP contribution in [-0.4, -0.2) is 39.5 Å². The van der Waals surface area contributed by atoms with Crippen LogP contribution in [0.1, 0.15) is 49.5 Å². The Hall–Kier alpha value is -1.44. The van der Waals surface area contributed by atoms with Crippen LogP contribution in [0.3, 0.4) is 0 Å². The number of amides is 1. The third-order valence-corrected chi connectivity index (χ3v) is 7.34. The van der Waals surface area contributed by atoms with Gasteiger partial charge < -0.3 is 10.6 Å². The number of carbonyl (C=O) groups excluding carboxylic acids is 1. The largest absolute Gasteiger partial charge is 0.343 e. The van der Waals surface area contributed by atoms with Gasteiger partial charge in [0.2, 0.25) is 5.91 Å². The number of hydrogen-bond acceptors (Lipinski definition) is 5. The number of rotatable bonds is 4. The standard InChI is InChI=1S/C20H28N4O2S.ClH/c1-13(21)14-6-9-23(10-7-14)17(25)8-11-24-12-22-19-18(20(24)26)15-4-2-3-5-16(15)27-19;/h12-14H,2-11,21H2,1H3;1H. The number of carbonyl (C=O) groups is 1. The quantitative estimate of drug-likeness (QED) is 0.818. The first-order valence-electron chi connectivity index (χ1n) is 10.1. The number of nitrogens with zero attached hydrogens (tertiary/aromatic N) is 3. The summed E-state index contributed by atoms with van der Waals surface area (Å²) in [5.41, 5.74) is 7.20. The van der Waals surface area contributed by atoms with Crippen molar-refractivity contribution in [3.63, 3.8) is 0 Å². The minimum absolute atomic E-state index is 0. The van der Waals surface area contributed by atoms with Crippen molar-refractivity contribution < 1.29 is 4.79 Å². The Morgan fingerprint density at radius 3 is 2.75 bits per heavy atom. The Morgan fingerprint density at radius 1 is 1.32 bits per heavy atom. The lowest BCUT2D eigenvalue weighted by molar-refractivity contribution is -0.132. The van der Waals surface area contributed by atoms with Crippen LogP contribution in [0.2, 0.25) is 0 Å². The van der Waals surface area contributed by atoms with Crippen molar-refractivity contribution in [2.75, 3.05) is 13.1 Å². The fourth-order valence-corrected chi connectivity index (χ4v) is 5.61. The molecule has 0 aromatic carbocycles. The average Bonchev–Trinajstić information content (AvgIpc) is 3.06. The monoisotopic (exact) mass is 424 g/mol. The number of aryl methyl sites for hydroxylation is 3. The van der Waals surface area contributed by atoms with Crippen LogP contribution in [0, 0.1) is 5.92 Å². The zero-order chi connectivity index (χ0) is 19.0. The first-order chi connectivity index (χ1) is 13.0. The number of nitrogens with two attached hydrogens (primary N) is 1. The number of aromatic nitrogens is 2. The molecule has 154 valence electrons. The van der Waals surface area contributed by atoms with E-state index in [1.165, 1.54) is 16.9 Å². The van der Waals surface area contributed by atoms with Gasteiger partial charge in [-0.15, -0.1) is 23.7 Å². The molecule has 2 N–H and O–H groups in total. The van der Waals surface area contributed by atoms with Crippen LogP contribution in [-0.2, 0) is 24.2 Å². The molecule has 1 aliphatic carbocycles. The molecular formula is C20H29ClN4O2S. The van der Waals surface area contributed by atoms with E-state index in [2.05, 4.69) is 4.98 Å². The molecule has 6 nitrogen and oxygen atoms in total. The van der Waals surface area contributed by atoms with E-state index in [0.717, 1.165) is 55.4 Å². The zero-order valence-corrected chi connectivity index (χ0v) is 18.0. The molecule has 2 aliphatic rings. The molecule has 0 bridgehead atoms. The Labute approximate surface area is 175 Å². The predicted octanol–water partition coefficient (Wildman–Crippen LogP) is 2.73. The molecule has 1 amide bonds. The minimum atomic E-state index is 0. The summed E-state index contributed by atoms with van der Waals surface area (Å²) in [6, 6.07) is 0.190. The van der Waals surface area contributed by atoms with E-state index in [-0.39, 0.29) is 29.9 Å². The topological polar surface area (TPSA) is 81.2 Å². The molecule has 2 aromatic rings. The van der Waals surface area contributed by atoms with Gasteiger partial charge >= 0.3 is 0 Å². The third-order valence-electron chi connectivity index (χ3n) is 6.14. The molecular weight excluding hydrogens is 396 g/mol. The van der Waals surface area contributed by atoms with Crippen molar-refractivity contribution in [3.05, 3.63) is 27.1 Å². The zero-order valence-electron chi connectivity index (χ0n) is 16.4. The van der Waals surface area contributed by atoms with Gasteiger partial charge in [0.25, 0.3) is 5.56 Å². The van der Waals surface area contributed by atoms with Gasteiger partial charge in [-0.3, -0.25) is 14.2 Å². The van der Waals surface area contributed by atoms with Crippen molar-refractivity contribution in [3.8, 4) is 0 Å². The molecule has 1 atom stereocenters. The van der Waals surface area contributed by atoms with E-state index in [0.29, 0.717) is 18.9 Å². The van der Waals surface area contributed by atoms with Gasteiger partial charge in [-0.2, -0.15) is 0 Å². The highest BCUT2D eigenvalue weighted by molar-refractivity contribution is 7.18. The third kappa shape index (κ3) is 4.11. The lowest BCUT2D eigenvalue weighted by atomic mass is 9.91. The molecule has 0 radical (unpaired) electrons. The summed E-state index contributed by atoms with van der Waals surface area (Å²) in [5, 5.41) is 0.794. The maximum absolute atomic E-state index is 13.0. The number of likely N-dealkylation sites (tertiary alicyclic amines) is 1. The molecule has 1 saturated heterocycles. The maximum Gasteiger partial charge on any atom is 0.262 e. The second kappa shape index (κ2) is 8.93. The first kappa shape index (κ1) is 21.3. The Bertz CT molecular complexity index is 899. The molecule has 1 unspecified atom stereocenters. The minimum Gasteiger partial charge on any atom is -0.343 e. The number of fused-ring (bicyclic) bond motifs is 3. The maximum atomic E-state index is 13.0. The first-order valence-corrected chi connectivity index (χ1v) is 10.9. The van der Waals surface area contributed by atoms with Gasteiger partial charge in [0, 0.05) is 37.0 Å². The number of piperidine rings is 1. The predicted molar refractivity (Wildman–Crippen MR) is 115 cm³/mol. The van der Waals surface area contributed by atoms with Crippen molar-refractivity contribution in [2.45, 2.75) is 64.5 Å². The van der Waals surface area contributed by atoms with Gasteiger partial charge in [-0.1, -0.05) is 0 Å². The number of thiophene rings is 1. The lowest BCUT2D eigenvalue weighted by Gasteiger charge is -2.33. The molecule has 0 saturated carbocycles. The summed E-state index contributed by atoms with van der Waals surface area (Å²) in [6.45, 7) is 3.99. The summed E-state index contributed by atoms with van der Waals surface area (Å²) in [5.74, 6) is 0.630. The normalized spacial score (nSPS) is 18.6. The summed E-state index contributed by atoms with van der Waals surface area (Å²) < 4.78 is 1.62. The van der Waals surface area contributed by atoms with E-state index < -0.39 is 0 Å². The number of hydrogen-bond donors (Lipinski definition) is 1. The van der Waals surface area contributed by atoms with Crippen molar-refractivity contribution in [2.24, 2.45) is 11.7 Å². The van der Waals surface area contributed by atoms with Crippen molar-refractivity contribution >= 4 is 39.9 Å². The average molecular weight is 425 g/mol. The fourth-order valence-electron chi connectivity index (χ4n) is 4.39. The Balaban J connectivity index is 0.00000225. The van der Waals surface area contributed by atoms with Crippen molar-refractivity contribution in [1.29, 1.82) is 0 Å². The van der Waals surface area contributed by atoms with E-state index in [1.807, 2.05) is 11.8 Å². The van der Waals surface area contributed by atoms with Crippen molar-refractivity contribution in [1.82, 2.24) is 14.5 Å². The fraction of sp³-hybridized carbons (Fsp3) is 0.650. The molecule has 28 heavy (non-hydrogen) atoms. The smallest absolute Gasteiger partial charge is 0.262 e.